The zero-order valence-electron chi connectivity index (χ0n) is 6.90. The van der Waals surface area contributed by atoms with Gasteiger partial charge < -0.3 is 5.32 Å². The predicted molar refractivity (Wildman–Crippen MR) is 51.9 cm³/mol. The van der Waals surface area contributed by atoms with Crippen LogP contribution in [0.2, 0.25) is 4.34 Å². The number of alkyl halides is 2. The molecule has 1 aromatic heterocycles. The highest BCUT2D eigenvalue weighted by Gasteiger charge is 2.01. The summed E-state index contributed by atoms with van der Waals surface area (Å²) in [5.41, 5.74) is 0. The summed E-state index contributed by atoms with van der Waals surface area (Å²) in [4.78, 5) is 1.12. The Morgan fingerprint density at radius 2 is 2.23 bits per heavy atom. The fourth-order valence-corrected chi connectivity index (χ4v) is 2.00. The van der Waals surface area contributed by atoms with Crippen LogP contribution in [0.4, 0.5) is 8.78 Å². The van der Waals surface area contributed by atoms with E-state index in [9.17, 15) is 8.78 Å². The molecule has 0 amide bonds. The monoisotopic (exact) mass is 225 g/mol. The van der Waals surface area contributed by atoms with Crippen LogP contribution in [0.1, 0.15) is 4.88 Å². The molecule has 0 aliphatic carbocycles. The molecule has 0 aromatic carbocycles. The van der Waals surface area contributed by atoms with Gasteiger partial charge in [-0.3, -0.25) is 0 Å². The number of nitrogens with one attached hydrogen (secondary N) is 1. The Labute approximate surface area is 84.7 Å². The number of hydrogen-bond donors (Lipinski definition) is 1. The number of halogens is 3. The van der Waals surface area contributed by atoms with E-state index in [0.29, 0.717) is 6.54 Å². The fraction of sp³-hybridized carbons (Fsp3) is 0.500. The van der Waals surface area contributed by atoms with E-state index in [0.717, 1.165) is 15.6 Å². The van der Waals surface area contributed by atoms with Crippen molar-refractivity contribution in [3.05, 3.63) is 21.3 Å². The van der Waals surface area contributed by atoms with Gasteiger partial charge in [0, 0.05) is 11.4 Å². The maximum atomic E-state index is 11.7. The van der Waals surface area contributed by atoms with Gasteiger partial charge >= 0.3 is 0 Å². The lowest BCUT2D eigenvalue weighted by molar-refractivity contribution is 0.146. The van der Waals surface area contributed by atoms with E-state index in [-0.39, 0.29) is 6.54 Å². The Morgan fingerprint density at radius 1 is 1.46 bits per heavy atom. The SMILES string of the molecule is FC(F)CNCCc1ccc(Cl)s1. The molecule has 1 N–H and O–H groups in total. The number of thiophene rings is 1. The normalized spacial score (nSPS) is 11.1. The number of rotatable bonds is 5. The second-order valence-corrected chi connectivity index (χ2v) is 4.35. The van der Waals surface area contributed by atoms with Crippen LogP contribution in [0.5, 0.6) is 0 Å². The summed E-state index contributed by atoms with van der Waals surface area (Å²) in [6.45, 7) is 0.334. The van der Waals surface area contributed by atoms with E-state index >= 15 is 0 Å². The van der Waals surface area contributed by atoms with Crippen molar-refractivity contribution in [2.24, 2.45) is 0 Å². The zero-order valence-corrected chi connectivity index (χ0v) is 8.47. The third-order valence-electron chi connectivity index (χ3n) is 1.48. The third-order valence-corrected chi connectivity index (χ3v) is 2.77. The van der Waals surface area contributed by atoms with E-state index in [1.165, 1.54) is 11.3 Å². The third kappa shape index (κ3) is 4.55. The van der Waals surface area contributed by atoms with Gasteiger partial charge in [0.2, 0.25) is 0 Å². The summed E-state index contributed by atoms with van der Waals surface area (Å²) in [5.74, 6) is 0. The lowest BCUT2D eigenvalue weighted by Gasteiger charge is -2.01. The molecule has 0 fully saturated rings. The maximum absolute atomic E-state index is 11.7. The molecule has 13 heavy (non-hydrogen) atoms. The largest absolute Gasteiger partial charge is 0.311 e. The van der Waals surface area contributed by atoms with Crippen molar-refractivity contribution in [3.8, 4) is 0 Å². The minimum absolute atomic E-state index is 0.237. The molecule has 0 bridgehead atoms. The lowest BCUT2D eigenvalue weighted by atomic mass is 10.3. The Balaban J connectivity index is 2.13. The molecule has 0 spiro atoms. The van der Waals surface area contributed by atoms with Gasteiger partial charge in [-0.15, -0.1) is 11.3 Å². The number of hydrogen-bond acceptors (Lipinski definition) is 2. The van der Waals surface area contributed by atoms with Gasteiger partial charge in [0.15, 0.2) is 0 Å². The molecular formula is C8H10ClF2NS. The summed E-state index contributed by atoms with van der Waals surface area (Å²) in [7, 11) is 0. The molecule has 0 saturated heterocycles. The predicted octanol–water partition coefficient (Wildman–Crippen LogP) is 2.80. The van der Waals surface area contributed by atoms with E-state index in [1.54, 1.807) is 0 Å². The smallest absolute Gasteiger partial charge is 0.250 e. The summed E-state index contributed by atoms with van der Waals surface area (Å²) in [5, 5.41) is 2.66. The Hall–Kier alpha value is -0.190. The van der Waals surface area contributed by atoms with Crippen LogP contribution in [-0.4, -0.2) is 19.5 Å². The van der Waals surface area contributed by atoms with Gasteiger partial charge in [-0.2, -0.15) is 0 Å². The highest BCUT2D eigenvalue weighted by atomic mass is 35.5. The van der Waals surface area contributed by atoms with Gasteiger partial charge in [-0.1, -0.05) is 11.6 Å². The van der Waals surface area contributed by atoms with Gasteiger partial charge in [-0.25, -0.2) is 8.78 Å². The molecule has 0 atom stereocenters. The second kappa shape index (κ2) is 5.52. The molecule has 1 aromatic rings. The molecule has 0 aliphatic heterocycles. The Morgan fingerprint density at radius 3 is 2.77 bits per heavy atom. The van der Waals surface area contributed by atoms with Crippen molar-refractivity contribution in [2.45, 2.75) is 12.8 Å². The van der Waals surface area contributed by atoms with E-state index in [2.05, 4.69) is 5.32 Å². The molecule has 5 heteroatoms. The van der Waals surface area contributed by atoms with Crippen molar-refractivity contribution in [2.75, 3.05) is 13.1 Å². The Kier molecular flexibility index (Phi) is 4.62. The van der Waals surface area contributed by atoms with E-state index in [4.69, 9.17) is 11.6 Å². The molecule has 74 valence electrons. The molecule has 0 aliphatic rings. The van der Waals surface area contributed by atoms with Crippen molar-refractivity contribution in [1.82, 2.24) is 5.32 Å². The first-order valence-electron chi connectivity index (χ1n) is 3.91. The standard InChI is InChI=1S/C8H10ClF2NS/c9-7-2-1-6(13-7)3-4-12-5-8(10)11/h1-2,8,12H,3-5H2. The zero-order chi connectivity index (χ0) is 9.68. The van der Waals surface area contributed by atoms with Crippen LogP contribution in [0.3, 0.4) is 0 Å². The van der Waals surface area contributed by atoms with Gasteiger partial charge in [0.1, 0.15) is 0 Å². The van der Waals surface area contributed by atoms with Crippen molar-refractivity contribution < 1.29 is 8.78 Å². The van der Waals surface area contributed by atoms with Crippen molar-refractivity contribution in [3.63, 3.8) is 0 Å². The first kappa shape index (κ1) is 10.9. The molecular weight excluding hydrogens is 216 g/mol. The van der Waals surface area contributed by atoms with Crippen LogP contribution in [0.15, 0.2) is 12.1 Å². The molecule has 1 rings (SSSR count). The van der Waals surface area contributed by atoms with Crippen LogP contribution in [0.25, 0.3) is 0 Å². The second-order valence-electron chi connectivity index (χ2n) is 2.55. The minimum Gasteiger partial charge on any atom is -0.311 e. The maximum Gasteiger partial charge on any atom is 0.250 e. The first-order valence-corrected chi connectivity index (χ1v) is 5.11. The van der Waals surface area contributed by atoms with Gasteiger partial charge in [0.25, 0.3) is 6.43 Å². The average Bonchev–Trinajstić information content (AvgIpc) is 2.45. The quantitative estimate of drug-likeness (QED) is 0.760. The highest BCUT2D eigenvalue weighted by molar-refractivity contribution is 7.16. The molecule has 0 radical (unpaired) electrons. The molecule has 1 nitrogen and oxygen atoms in total. The van der Waals surface area contributed by atoms with Crippen molar-refractivity contribution in [1.29, 1.82) is 0 Å². The molecule has 0 saturated carbocycles. The highest BCUT2D eigenvalue weighted by Crippen LogP contribution is 2.21. The first-order chi connectivity index (χ1) is 6.18. The van der Waals surface area contributed by atoms with E-state index in [1.807, 2.05) is 12.1 Å². The average molecular weight is 226 g/mol. The van der Waals surface area contributed by atoms with Crippen LogP contribution >= 0.6 is 22.9 Å². The van der Waals surface area contributed by atoms with Gasteiger partial charge in [-0.05, 0) is 18.6 Å². The van der Waals surface area contributed by atoms with Crippen LogP contribution in [-0.2, 0) is 6.42 Å². The summed E-state index contributed by atoms with van der Waals surface area (Å²) in [6, 6.07) is 3.73. The van der Waals surface area contributed by atoms with Crippen molar-refractivity contribution >= 4 is 22.9 Å². The minimum atomic E-state index is -2.27. The summed E-state index contributed by atoms with van der Waals surface area (Å²) < 4.78 is 24.1. The topological polar surface area (TPSA) is 12.0 Å². The van der Waals surface area contributed by atoms with Crippen LogP contribution < -0.4 is 5.32 Å². The summed E-state index contributed by atoms with van der Waals surface area (Å²) >= 11 is 7.19. The van der Waals surface area contributed by atoms with E-state index < -0.39 is 6.43 Å². The fourth-order valence-electron chi connectivity index (χ4n) is 0.909. The lowest BCUT2D eigenvalue weighted by Crippen LogP contribution is -2.23. The summed E-state index contributed by atoms with van der Waals surface area (Å²) in [6.07, 6.45) is -1.52. The van der Waals surface area contributed by atoms with Crippen LogP contribution in [0, 0.1) is 0 Å². The van der Waals surface area contributed by atoms with Gasteiger partial charge in [0.05, 0.1) is 10.9 Å². The molecule has 0 unspecified atom stereocenters. The Bertz CT molecular complexity index is 252. The molecule has 1 heterocycles.